The number of hydrogen-bond acceptors (Lipinski definition) is 2. The fourth-order valence-corrected chi connectivity index (χ4v) is 0.509. The van der Waals surface area contributed by atoms with Crippen LogP contribution in [0.2, 0.25) is 0 Å². The molecule has 1 aliphatic rings. The number of ether oxygens (including phenoxy) is 1. The second-order valence-electron chi connectivity index (χ2n) is 1.37. The number of hydrogen-bond donors (Lipinski definition) is 1. The molecule has 0 aromatic rings. The van der Waals surface area contributed by atoms with Crippen LogP contribution in [0.25, 0.3) is 0 Å². The first-order valence-corrected chi connectivity index (χ1v) is 2.22. The molecule has 1 aliphatic heterocycles. The lowest BCUT2D eigenvalue weighted by Gasteiger charge is -2.05. The highest BCUT2D eigenvalue weighted by atomic mass is 16.5. The molecule has 0 fully saturated rings. The van der Waals surface area contributed by atoms with Gasteiger partial charge in [0, 0.05) is 13.5 Å². The molecule has 2 nitrogen and oxygen atoms in total. The Bertz CT molecular complexity index is 72.1. The second-order valence-corrected chi connectivity index (χ2v) is 1.37. The number of rotatable bonds is 1. The Hall–Kier alpha value is -0.500. The first kappa shape index (κ1) is 4.65. The van der Waals surface area contributed by atoms with Gasteiger partial charge in [-0.25, -0.2) is 0 Å². The van der Waals surface area contributed by atoms with Crippen molar-refractivity contribution in [1.29, 1.82) is 0 Å². The van der Waals surface area contributed by atoms with E-state index in [1.54, 1.807) is 7.11 Å². The largest absolute Gasteiger partial charge is 0.366 e. The van der Waals surface area contributed by atoms with Crippen LogP contribution >= 0.6 is 0 Å². The van der Waals surface area contributed by atoms with E-state index in [1.165, 1.54) is 0 Å². The third kappa shape index (κ3) is 0.933. The van der Waals surface area contributed by atoms with Gasteiger partial charge in [0.1, 0.15) is 6.23 Å². The Morgan fingerprint density at radius 1 is 1.71 bits per heavy atom. The second kappa shape index (κ2) is 1.98. The molecule has 0 bridgehead atoms. The molecule has 0 saturated carbocycles. The van der Waals surface area contributed by atoms with Crippen LogP contribution in [0.4, 0.5) is 0 Å². The first-order chi connectivity index (χ1) is 3.43. The monoisotopic (exact) mass is 98.1 g/mol. The van der Waals surface area contributed by atoms with Crippen molar-refractivity contribution in [3.63, 3.8) is 0 Å². The van der Waals surface area contributed by atoms with Gasteiger partial charge in [-0.3, -0.25) is 0 Å². The van der Waals surface area contributed by atoms with E-state index in [0.29, 0.717) is 0 Å². The average molecular weight is 98.1 g/mol. The molecule has 1 heterocycles. The molecular weight excluding hydrogens is 90.1 g/mol. The number of nitrogens with one attached hydrogen (secondary N) is 1. The lowest BCUT2D eigenvalue weighted by Crippen LogP contribution is -2.20. The van der Waals surface area contributed by atoms with Crippen LogP contribution in [0.5, 0.6) is 0 Å². The van der Waals surface area contributed by atoms with Gasteiger partial charge in [0.05, 0.1) is 0 Å². The Morgan fingerprint density at radius 3 is 2.86 bits per heavy atom. The molecule has 1 N–H and O–H groups in total. The molecule has 1 rings (SSSR count). The van der Waals surface area contributed by atoms with Gasteiger partial charge in [0.25, 0.3) is 0 Å². The lowest BCUT2D eigenvalue weighted by molar-refractivity contribution is 0.121. The molecule has 7 heavy (non-hydrogen) atoms. The molecule has 0 aromatic carbocycles. The predicted octanol–water partition coefficient (Wildman–Crippen LogP) is 0.280. The molecule has 1 unspecified atom stereocenters. The molecule has 0 amide bonds. The summed E-state index contributed by atoms with van der Waals surface area (Å²) in [5, 5.41) is 2.95. The summed E-state index contributed by atoms with van der Waals surface area (Å²) in [5.74, 6) is 0. The standard InChI is InChI=1S/C5H8NO/c1-7-5-3-2-4-6-5/h2-6H,1H3. The van der Waals surface area contributed by atoms with E-state index in [1.807, 2.05) is 18.7 Å². The van der Waals surface area contributed by atoms with Crippen molar-refractivity contribution in [2.45, 2.75) is 6.23 Å². The topological polar surface area (TPSA) is 21.3 Å². The van der Waals surface area contributed by atoms with Crippen molar-refractivity contribution in [2.75, 3.05) is 7.11 Å². The van der Waals surface area contributed by atoms with Gasteiger partial charge < -0.3 is 10.1 Å². The van der Waals surface area contributed by atoms with Crippen molar-refractivity contribution in [1.82, 2.24) is 5.32 Å². The molecule has 0 spiro atoms. The molecular formula is C5H8NO. The highest BCUT2D eigenvalue weighted by molar-refractivity contribution is 5.05. The van der Waals surface area contributed by atoms with Gasteiger partial charge in [0.2, 0.25) is 0 Å². The smallest absolute Gasteiger partial charge is 0.133 e. The van der Waals surface area contributed by atoms with Crippen LogP contribution in [0.1, 0.15) is 0 Å². The van der Waals surface area contributed by atoms with E-state index in [-0.39, 0.29) is 6.23 Å². The van der Waals surface area contributed by atoms with Crippen molar-refractivity contribution in [3.8, 4) is 0 Å². The number of methoxy groups -OCH3 is 1. The van der Waals surface area contributed by atoms with Crippen LogP contribution < -0.4 is 5.32 Å². The SMILES string of the molecule is COC1[CH]C=CN1. The summed E-state index contributed by atoms with van der Waals surface area (Å²) in [6.45, 7) is 0. The molecule has 39 valence electrons. The Kier molecular flexibility index (Phi) is 1.32. The van der Waals surface area contributed by atoms with Gasteiger partial charge in [0.15, 0.2) is 0 Å². The zero-order valence-electron chi connectivity index (χ0n) is 4.22. The summed E-state index contributed by atoms with van der Waals surface area (Å²) in [4.78, 5) is 0. The van der Waals surface area contributed by atoms with Gasteiger partial charge in [-0.1, -0.05) is 6.08 Å². The van der Waals surface area contributed by atoms with Gasteiger partial charge >= 0.3 is 0 Å². The van der Waals surface area contributed by atoms with Gasteiger partial charge in [-0.05, 0) is 6.20 Å². The van der Waals surface area contributed by atoms with E-state index in [0.717, 1.165) is 0 Å². The Balaban J connectivity index is 2.22. The fraction of sp³-hybridized carbons (Fsp3) is 0.400. The summed E-state index contributed by atoms with van der Waals surface area (Å²) < 4.78 is 4.88. The third-order valence-corrected chi connectivity index (χ3v) is 0.897. The minimum atomic E-state index is 0.111. The minimum Gasteiger partial charge on any atom is -0.366 e. The van der Waals surface area contributed by atoms with E-state index in [9.17, 15) is 0 Å². The molecule has 0 aliphatic carbocycles. The van der Waals surface area contributed by atoms with Gasteiger partial charge in [-0.2, -0.15) is 0 Å². The molecule has 2 heteroatoms. The highest BCUT2D eigenvalue weighted by Gasteiger charge is 2.04. The maximum absolute atomic E-state index is 4.88. The van der Waals surface area contributed by atoms with Crippen molar-refractivity contribution in [3.05, 3.63) is 18.7 Å². The van der Waals surface area contributed by atoms with E-state index < -0.39 is 0 Å². The van der Waals surface area contributed by atoms with E-state index in [2.05, 4.69) is 5.32 Å². The van der Waals surface area contributed by atoms with E-state index in [4.69, 9.17) is 4.74 Å². The van der Waals surface area contributed by atoms with E-state index >= 15 is 0 Å². The van der Waals surface area contributed by atoms with Crippen molar-refractivity contribution in [2.24, 2.45) is 0 Å². The highest BCUT2D eigenvalue weighted by Crippen LogP contribution is 1.97. The maximum atomic E-state index is 4.88. The summed E-state index contributed by atoms with van der Waals surface area (Å²) in [6.07, 6.45) is 5.84. The zero-order valence-corrected chi connectivity index (χ0v) is 4.22. The first-order valence-electron chi connectivity index (χ1n) is 2.22. The molecule has 0 saturated heterocycles. The van der Waals surface area contributed by atoms with Crippen LogP contribution in [0.15, 0.2) is 12.3 Å². The van der Waals surface area contributed by atoms with Gasteiger partial charge in [-0.15, -0.1) is 0 Å². The Labute approximate surface area is 43.2 Å². The van der Waals surface area contributed by atoms with Crippen LogP contribution in [-0.2, 0) is 4.74 Å². The maximum Gasteiger partial charge on any atom is 0.133 e. The van der Waals surface area contributed by atoms with Crippen LogP contribution in [0, 0.1) is 6.42 Å². The zero-order chi connectivity index (χ0) is 5.11. The van der Waals surface area contributed by atoms with Crippen molar-refractivity contribution >= 4 is 0 Å². The molecule has 0 aromatic heterocycles. The summed E-state index contributed by atoms with van der Waals surface area (Å²) in [6, 6.07) is 0. The predicted molar refractivity (Wildman–Crippen MR) is 27.4 cm³/mol. The fourth-order valence-electron chi connectivity index (χ4n) is 0.509. The van der Waals surface area contributed by atoms with Crippen molar-refractivity contribution < 1.29 is 4.74 Å². The summed E-state index contributed by atoms with van der Waals surface area (Å²) in [5.41, 5.74) is 0. The van der Waals surface area contributed by atoms with Crippen LogP contribution in [-0.4, -0.2) is 13.3 Å². The minimum absolute atomic E-state index is 0.111. The summed E-state index contributed by atoms with van der Waals surface area (Å²) >= 11 is 0. The van der Waals surface area contributed by atoms with Crippen LogP contribution in [0.3, 0.4) is 0 Å². The third-order valence-electron chi connectivity index (χ3n) is 0.897. The normalized spacial score (nSPS) is 27.9. The quantitative estimate of drug-likeness (QED) is 0.508. The molecule has 1 atom stereocenters. The molecule has 1 radical (unpaired) electrons. The Morgan fingerprint density at radius 2 is 2.57 bits per heavy atom. The average Bonchev–Trinajstić information content (AvgIpc) is 2.14. The lowest BCUT2D eigenvalue weighted by atomic mass is 10.4. The summed E-state index contributed by atoms with van der Waals surface area (Å²) in [7, 11) is 1.67.